The maximum absolute atomic E-state index is 12.8. The van der Waals surface area contributed by atoms with Gasteiger partial charge in [0.05, 0.1) is 24.9 Å². The standard InChI is InChI=1S/C30H36N6O5/c1-41-26-14-23(27(37)29(39)28(26)38)17-36-18-24(33-34-36)16-32-30(40)22(15-31)12-19-5-6-21-13-25(8-7-20(21)11-19)35-9-3-2-4-10-35/h5-8,11-13,18,23,26-29,37-39H,2-4,9-10,14,16-17H2,1H3,(H,32,40)/b22-12+/t23-,26+,27-,28+,29+/m1/s1. The molecule has 3 aromatic rings. The van der Waals surface area contributed by atoms with Crippen LogP contribution in [-0.4, -0.2) is 80.8 Å². The third-order valence-corrected chi connectivity index (χ3v) is 8.08. The van der Waals surface area contributed by atoms with E-state index in [2.05, 4.69) is 38.7 Å². The summed E-state index contributed by atoms with van der Waals surface area (Å²) < 4.78 is 6.75. The predicted octanol–water partition coefficient (Wildman–Crippen LogP) is 1.76. The molecule has 1 amide bonds. The number of ether oxygens (including phenoxy) is 1. The van der Waals surface area contributed by atoms with Crippen molar-refractivity contribution in [2.45, 2.75) is 63.2 Å². The molecule has 0 spiro atoms. The summed E-state index contributed by atoms with van der Waals surface area (Å²) in [6.07, 6.45) is 3.03. The zero-order chi connectivity index (χ0) is 28.9. The molecule has 11 nitrogen and oxygen atoms in total. The van der Waals surface area contributed by atoms with Crippen molar-refractivity contribution in [1.82, 2.24) is 20.3 Å². The predicted molar refractivity (Wildman–Crippen MR) is 152 cm³/mol. The van der Waals surface area contributed by atoms with Gasteiger partial charge < -0.3 is 30.3 Å². The topological polar surface area (TPSA) is 157 Å². The number of aliphatic hydroxyl groups excluding tert-OH is 3. The smallest absolute Gasteiger partial charge is 0.262 e. The largest absolute Gasteiger partial charge is 0.390 e. The van der Waals surface area contributed by atoms with Gasteiger partial charge in [-0.25, -0.2) is 0 Å². The highest BCUT2D eigenvalue weighted by atomic mass is 16.5. The first-order valence-electron chi connectivity index (χ1n) is 14.0. The number of hydrogen-bond donors (Lipinski definition) is 4. The molecule has 0 unspecified atom stereocenters. The number of nitriles is 1. The fourth-order valence-electron chi connectivity index (χ4n) is 5.72. The molecule has 2 aliphatic rings. The Kier molecular flexibility index (Phi) is 8.95. The first-order valence-corrected chi connectivity index (χ1v) is 14.0. The maximum atomic E-state index is 12.8. The van der Waals surface area contributed by atoms with E-state index in [-0.39, 0.29) is 18.7 Å². The van der Waals surface area contributed by atoms with Crippen molar-refractivity contribution in [2.24, 2.45) is 5.92 Å². The van der Waals surface area contributed by atoms with Crippen molar-refractivity contribution in [2.75, 3.05) is 25.1 Å². The number of fused-ring (bicyclic) bond motifs is 1. The van der Waals surface area contributed by atoms with Crippen LogP contribution in [0.3, 0.4) is 0 Å². The van der Waals surface area contributed by atoms with E-state index < -0.39 is 36.2 Å². The van der Waals surface area contributed by atoms with Gasteiger partial charge in [0, 0.05) is 38.3 Å². The van der Waals surface area contributed by atoms with Gasteiger partial charge in [-0.05, 0) is 66.3 Å². The number of nitrogens with one attached hydrogen (secondary N) is 1. The number of carbonyl (C=O) groups is 1. The van der Waals surface area contributed by atoms with Crippen LogP contribution in [0.2, 0.25) is 0 Å². The Morgan fingerprint density at radius 3 is 2.61 bits per heavy atom. The average Bonchev–Trinajstić information content (AvgIpc) is 3.46. The van der Waals surface area contributed by atoms with Crippen LogP contribution >= 0.6 is 0 Å². The molecule has 2 aromatic carbocycles. The molecule has 1 aliphatic heterocycles. The van der Waals surface area contributed by atoms with Crippen molar-refractivity contribution >= 4 is 28.4 Å². The Balaban J connectivity index is 1.19. The van der Waals surface area contributed by atoms with E-state index in [1.807, 2.05) is 24.3 Å². The van der Waals surface area contributed by atoms with E-state index in [9.17, 15) is 25.4 Å². The second-order valence-corrected chi connectivity index (χ2v) is 10.9. The van der Waals surface area contributed by atoms with Crippen LogP contribution in [0.15, 0.2) is 48.2 Å². The maximum Gasteiger partial charge on any atom is 0.262 e. The van der Waals surface area contributed by atoms with Gasteiger partial charge in [-0.1, -0.05) is 23.4 Å². The Bertz CT molecular complexity index is 1440. The lowest BCUT2D eigenvalue weighted by molar-refractivity contribution is -0.167. The highest BCUT2D eigenvalue weighted by Crippen LogP contribution is 2.29. The summed E-state index contributed by atoms with van der Waals surface area (Å²) in [4.78, 5) is 15.2. The number of aromatic nitrogens is 3. The van der Waals surface area contributed by atoms with Gasteiger partial charge in [-0.2, -0.15) is 5.26 Å². The van der Waals surface area contributed by atoms with E-state index in [0.29, 0.717) is 12.1 Å². The number of piperidine rings is 1. The molecule has 216 valence electrons. The van der Waals surface area contributed by atoms with Gasteiger partial charge in [0.1, 0.15) is 29.5 Å². The number of aliphatic hydroxyl groups is 3. The van der Waals surface area contributed by atoms with E-state index in [1.165, 1.54) is 36.7 Å². The minimum Gasteiger partial charge on any atom is -0.390 e. The second-order valence-electron chi connectivity index (χ2n) is 10.9. The molecule has 4 N–H and O–H groups in total. The fourth-order valence-corrected chi connectivity index (χ4v) is 5.72. The van der Waals surface area contributed by atoms with Gasteiger partial charge in [0.25, 0.3) is 5.91 Å². The zero-order valence-electron chi connectivity index (χ0n) is 23.1. The van der Waals surface area contributed by atoms with Gasteiger partial charge in [0.15, 0.2) is 0 Å². The lowest BCUT2D eigenvalue weighted by Gasteiger charge is -2.39. The van der Waals surface area contributed by atoms with Crippen LogP contribution < -0.4 is 10.2 Å². The zero-order valence-corrected chi connectivity index (χ0v) is 23.1. The number of methoxy groups -OCH3 is 1. The first-order chi connectivity index (χ1) is 19.9. The van der Waals surface area contributed by atoms with Gasteiger partial charge >= 0.3 is 0 Å². The van der Waals surface area contributed by atoms with Crippen LogP contribution in [0.25, 0.3) is 16.8 Å². The molecular formula is C30H36N6O5. The average molecular weight is 561 g/mol. The van der Waals surface area contributed by atoms with Crippen molar-refractivity contribution in [3.63, 3.8) is 0 Å². The highest BCUT2D eigenvalue weighted by molar-refractivity contribution is 6.02. The highest BCUT2D eigenvalue weighted by Gasteiger charge is 2.43. The molecule has 0 radical (unpaired) electrons. The second kappa shape index (κ2) is 12.8. The van der Waals surface area contributed by atoms with Crippen molar-refractivity contribution in [3.8, 4) is 6.07 Å². The summed E-state index contributed by atoms with van der Waals surface area (Å²) in [7, 11) is 1.45. The third kappa shape index (κ3) is 6.57. The summed E-state index contributed by atoms with van der Waals surface area (Å²) in [5.41, 5.74) is 2.43. The van der Waals surface area contributed by atoms with Crippen LogP contribution in [0, 0.1) is 17.2 Å². The summed E-state index contributed by atoms with van der Waals surface area (Å²) in [6, 6.07) is 14.3. The van der Waals surface area contributed by atoms with Crippen molar-refractivity contribution < 1.29 is 24.9 Å². The minimum atomic E-state index is -1.32. The number of rotatable bonds is 8. The van der Waals surface area contributed by atoms with Gasteiger partial charge in [-0.15, -0.1) is 5.10 Å². The molecule has 5 rings (SSSR count). The van der Waals surface area contributed by atoms with Crippen LogP contribution in [-0.2, 0) is 22.6 Å². The lowest BCUT2D eigenvalue weighted by atomic mass is 9.80. The Hall–Kier alpha value is -3.82. The molecule has 11 heteroatoms. The summed E-state index contributed by atoms with van der Waals surface area (Å²) in [6.45, 7) is 2.47. The fraction of sp³-hybridized carbons (Fsp3) is 0.467. The number of amides is 1. The Morgan fingerprint density at radius 1 is 1.10 bits per heavy atom. The molecule has 1 aliphatic carbocycles. The minimum absolute atomic E-state index is 0.0230. The van der Waals surface area contributed by atoms with Gasteiger partial charge in [0.2, 0.25) is 0 Å². The third-order valence-electron chi connectivity index (χ3n) is 8.08. The summed E-state index contributed by atoms with van der Waals surface area (Å²) in [5, 5.41) is 53.2. The molecule has 5 atom stereocenters. The number of anilines is 1. The monoisotopic (exact) mass is 560 g/mol. The SMILES string of the molecule is CO[C@H]1C[C@H](Cn2cc(CNC(=O)/C(C#N)=C/c3ccc4cc(N5CCCCC5)ccc4c3)nn2)[C@@H](O)[C@H](O)[C@H]1O. The quantitative estimate of drug-likeness (QED) is 0.238. The number of benzene rings is 2. The Labute approximate surface area is 238 Å². The van der Waals surface area contributed by atoms with E-state index in [4.69, 9.17) is 4.74 Å². The van der Waals surface area contributed by atoms with Crippen LogP contribution in [0.4, 0.5) is 5.69 Å². The van der Waals surface area contributed by atoms with Crippen molar-refractivity contribution in [1.29, 1.82) is 5.26 Å². The molecule has 41 heavy (non-hydrogen) atoms. The van der Waals surface area contributed by atoms with Crippen LogP contribution in [0.5, 0.6) is 0 Å². The summed E-state index contributed by atoms with van der Waals surface area (Å²) >= 11 is 0. The van der Waals surface area contributed by atoms with Crippen LogP contribution in [0.1, 0.15) is 36.9 Å². The number of hydrogen-bond acceptors (Lipinski definition) is 9. The normalized spacial score (nSPS) is 25.2. The van der Waals surface area contributed by atoms with Crippen molar-refractivity contribution in [3.05, 3.63) is 59.4 Å². The molecule has 0 bridgehead atoms. The molecule has 2 fully saturated rings. The number of carbonyl (C=O) groups excluding carboxylic acids is 1. The van der Waals surface area contributed by atoms with E-state index in [1.54, 1.807) is 12.3 Å². The summed E-state index contributed by atoms with van der Waals surface area (Å²) in [5.74, 6) is -0.931. The Morgan fingerprint density at radius 2 is 1.85 bits per heavy atom. The molecule has 2 heterocycles. The van der Waals surface area contributed by atoms with Gasteiger partial charge in [-0.3, -0.25) is 9.48 Å². The molecule has 1 saturated carbocycles. The molecule has 1 saturated heterocycles. The lowest BCUT2D eigenvalue weighted by Crippen LogP contribution is -2.54. The molecule has 1 aromatic heterocycles. The van der Waals surface area contributed by atoms with E-state index in [0.717, 1.165) is 29.4 Å². The van der Waals surface area contributed by atoms with E-state index >= 15 is 0 Å². The first kappa shape index (κ1) is 28.7. The number of nitrogens with zero attached hydrogens (tertiary/aromatic N) is 5. The molecular weight excluding hydrogens is 524 g/mol.